The molecule has 70 valence electrons. The van der Waals surface area contributed by atoms with Gasteiger partial charge in [-0.2, -0.15) is 0 Å². The van der Waals surface area contributed by atoms with E-state index in [0.717, 1.165) is 23.0 Å². The van der Waals surface area contributed by atoms with Crippen LogP contribution in [-0.4, -0.2) is 5.33 Å². The van der Waals surface area contributed by atoms with Gasteiger partial charge >= 0.3 is 0 Å². The molecule has 1 aromatic rings. The summed E-state index contributed by atoms with van der Waals surface area (Å²) in [6, 6.07) is 5.52. The molecule has 0 aliphatic heterocycles. The third-order valence-electron chi connectivity index (χ3n) is 1.62. The number of alkyl halides is 1. The third-order valence-corrected chi connectivity index (χ3v) is 2.31. The largest absolute Gasteiger partial charge is 0.398 e. The summed E-state index contributed by atoms with van der Waals surface area (Å²) in [5, 5.41) is 1.65. The number of benzene rings is 1. The molecule has 2 N–H and O–H groups in total. The minimum atomic E-state index is 0.676. The van der Waals surface area contributed by atoms with Crippen molar-refractivity contribution in [2.24, 2.45) is 0 Å². The average Bonchev–Trinajstić information content (AvgIpc) is 2.09. The molecule has 0 aliphatic rings. The topological polar surface area (TPSA) is 26.0 Å². The Morgan fingerprint density at radius 1 is 1.46 bits per heavy atom. The van der Waals surface area contributed by atoms with Crippen LogP contribution in [0.2, 0.25) is 5.02 Å². The molecule has 13 heavy (non-hydrogen) atoms. The summed E-state index contributed by atoms with van der Waals surface area (Å²) in [5.41, 5.74) is 7.50. The van der Waals surface area contributed by atoms with Crippen LogP contribution in [0, 0.1) is 0 Å². The van der Waals surface area contributed by atoms with Crippen LogP contribution in [0.25, 0.3) is 6.08 Å². The van der Waals surface area contributed by atoms with Gasteiger partial charge in [0, 0.05) is 16.0 Å². The maximum absolute atomic E-state index is 5.77. The van der Waals surface area contributed by atoms with Gasteiger partial charge in [0.1, 0.15) is 0 Å². The Hall–Kier alpha value is -0.470. The molecule has 0 aromatic heterocycles. The summed E-state index contributed by atoms with van der Waals surface area (Å²) in [4.78, 5) is 0. The van der Waals surface area contributed by atoms with E-state index in [1.54, 1.807) is 6.07 Å². The Morgan fingerprint density at radius 2 is 2.23 bits per heavy atom. The quantitative estimate of drug-likeness (QED) is 0.650. The summed E-state index contributed by atoms with van der Waals surface area (Å²) < 4.78 is 0. The molecular weight excluding hydrogens is 249 g/mol. The van der Waals surface area contributed by atoms with Gasteiger partial charge in [-0.1, -0.05) is 45.7 Å². The highest BCUT2D eigenvalue weighted by molar-refractivity contribution is 9.09. The minimum absolute atomic E-state index is 0.676. The van der Waals surface area contributed by atoms with Crippen LogP contribution in [0.4, 0.5) is 5.69 Å². The van der Waals surface area contributed by atoms with Crippen molar-refractivity contribution in [2.45, 2.75) is 6.42 Å². The predicted octanol–water partition coefficient (Wildman–Crippen LogP) is 3.72. The summed E-state index contributed by atoms with van der Waals surface area (Å²) in [5.74, 6) is 0. The molecule has 0 spiro atoms. The molecule has 0 unspecified atom stereocenters. The highest BCUT2D eigenvalue weighted by Gasteiger charge is 1.94. The van der Waals surface area contributed by atoms with Crippen LogP contribution in [0.15, 0.2) is 24.3 Å². The fourth-order valence-corrected chi connectivity index (χ4v) is 1.42. The van der Waals surface area contributed by atoms with Crippen molar-refractivity contribution in [3.05, 3.63) is 34.9 Å². The van der Waals surface area contributed by atoms with E-state index in [1.165, 1.54) is 0 Å². The third kappa shape index (κ3) is 3.41. The predicted molar refractivity (Wildman–Crippen MR) is 63.3 cm³/mol. The van der Waals surface area contributed by atoms with Crippen molar-refractivity contribution in [2.75, 3.05) is 11.1 Å². The first-order valence-corrected chi connectivity index (χ1v) is 5.51. The molecule has 1 nitrogen and oxygen atoms in total. The lowest BCUT2D eigenvalue weighted by Crippen LogP contribution is -1.88. The Labute approximate surface area is 91.7 Å². The van der Waals surface area contributed by atoms with Crippen LogP contribution >= 0.6 is 27.5 Å². The van der Waals surface area contributed by atoms with Gasteiger partial charge in [0.2, 0.25) is 0 Å². The van der Waals surface area contributed by atoms with Crippen LogP contribution in [0.3, 0.4) is 0 Å². The normalized spacial score (nSPS) is 10.9. The van der Waals surface area contributed by atoms with E-state index in [-0.39, 0.29) is 0 Å². The molecule has 0 bridgehead atoms. The van der Waals surface area contributed by atoms with Crippen LogP contribution in [-0.2, 0) is 0 Å². The lowest BCUT2D eigenvalue weighted by molar-refractivity contribution is 1.27. The van der Waals surface area contributed by atoms with E-state index < -0.39 is 0 Å². The molecule has 0 fully saturated rings. The van der Waals surface area contributed by atoms with Gasteiger partial charge in [0.25, 0.3) is 0 Å². The second-order valence-corrected chi connectivity index (χ2v) is 3.88. The maximum atomic E-state index is 5.77. The molecule has 1 aromatic carbocycles. The molecule has 1 rings (SSSR count). The fraction of sp³-hybridized carbons (Fsp3) is 0.200. The monoisotopic (exact) mass is 259 g/mol. The van der Waals surface area contributed by atoms with Crippen molar-refractivity contribution in [1.82, 2.24) is 0 Å². The highest BCUT2D eigenvalue weighted by atomic mass is 79.9. The summed E-state index contributed by atoms with van der Waals surface area (Å²) in [7, 11) is 0. The van der Waals surface area contributed by atoms with E-state index in [0.29, 0.717) is 5.02 Å². The van der Waals surface area contributed by atoms with Gasteiger partial charge in [0.15, 0.2) is 0 Å². The smallest absolute Gasteiger partial charge is 0.0426 e. The molecule has 0 amide bonds. The Balaban J connectivity index is 2.77. The van der Waals surface area contributed by atoms with Crippen molar-refractivity contribution >= 4 is 39.3 Å². The molecular formula is C10H11BrClN. The Kier molecular flexibility index (Phi) is 4.33. The number of nitrogen functional groups attached to an aromatic ring is 1. The first-order chi connectivity index (χ1) is 6.24. The van der Waals surface area contributed by atoms with E-state index in [1.807, 2.05) is 18.2 Å². The number of anilines is 1. The molecule has 3 heteroatoms. The van der Waals surface area contributed by atoms with Gasteiger partial charge < -0.3 is 5.73 Å². The second kappa shape index (κ2) is 5.30. The van der Waals surface area contributed by atoms with Gasteiger partial charge in [-0.05, 0) is 24.1 Å². The highest BCUT2D eigenvalue weighted by Crippen LogP contribution is 2.19. The lowest BCUT2D eigenvalue weighted by atomic mass is 10.1. The minimum Gasteiger partial charge on any atom is -0.398 e. The standard InChI is InChI=1S/C10H11BrClN/c11-6-2-1-3-8-4-5-9(12)7-10(8)13/h1,3-5,7H,2,6,13H2. The van der Waals surface area contributed by atoms with Gasteiger partial charge in [0.05, 0.1) is 0 Å². The Bertz CT molecular complexity index is 310. The fourth-order valence-electron chi connectivity index (χ4n) is 0.971. The number of halogens is 2. The number of hydrogen-bond donors (Lipinski definition) is 1. The van der Waals surface area contributed by atoms with Gasteiger partial charge in [-0.15, -0.1) is 0 Å². The van der Waals surface area contributed by atoms with E-state index in [2.05, 4.69) is 22.0 Å². The van der Waals surface area contributed by atoms with Crippen molar-refractivity contribution in [3.8, 4) is 0 Å². The molecule has 0 heterocycles. The molecule has 0 aliphatic carbocycles. The first-order valence-electron chi connectivity index (χ1n) is 4.01. The van der Waals surface area contributed by atoms with Crippen molar-refractivity contribution in [1.29, 1.82) is 0 Å². The number of rotatable bonds is 3. The van der Waals surface area contributed by atoms with Gasteiger partial charge in [-0.25, -0.2) is 0 Å². The maximum Gasteiger partial charge on any atom is 0.0426 e. The van der Waals surface area contributed by atoms with E-state index >= 15 is 0 Å². The zero-order chi connectivity index (χ0) is 9.68. The summed E-state index contributed by atoms with van der Waals surface area (Å²) in [6.07, 6.45) is 5.09. The number of allylic oxidation sites excluding steroid dienone is 1. The zero-order valence-electron chi connectivity index (χ0n) is 7.13. The van der Waals surface area contributed by atoms with Gasteiger partial charge in [-0.3, -0.25) is 0 Å². The Morgan fingerprint density at radius 3 is 2.85 bits per heavy atom. The number of hydrogen-bond acceptors (Lipinski definition) is 1. The summed E-state index contributed by atoms with van der Waals surface area (Å²) in [6.45, 7) is 0. The second-order valence-electron chi connectivity index (χ2n) is 2.65. The van der Waals surface area contributed by atoms with Crippen LogP contribution < -0.4 is 5.73 Å². The molecule has 0 atom stereocenters. The van der Waals surface area contributed by atoms with E-state index in [9.17, 15) is 0 Å². The molecule has 0 radical (unpaired) electrons. The molecule has 0 saturated carbocycles. The van der Waals surface area contributed by atoms with Crippen LogP contribution in [0.1, 0.15) is 12.0 Å². The first kappa shape index (κ1) is 10.6. The lowest BCUT2D eigenvalue weighted by Gasteiger charge is -1.99. The average molecular weight is 261 g/mol. The van der Waals surface area contributed by atoms with Crippen molar-refractivity contribution in [3.63, 3.8) is 0 Å². The summed E-state index contributed by atoms with van der Waals surface area (Å²) >= 11 is 9.12. The van der Waals surface area contributed by atoms with Crippen LogP contribution in [0.5, 0.6) is 0 Å². The SMILES string of the molecule is Nc1cc(Cl)ccc1C=CCCBr. The van der Waals surface area contributed by atoms with E-state index in [4.69, 9.17) is 17.3 Å². The molecule has 0 saturated heterocycles. The van der Waals surface area contributed by atoms with Crippen molar-refractivity contribution < 1.29 is 0 Å². The zero-order valence-corrected chi connectivity index (χ0v) is 9.48. The number of nitrogens with two attached hydrogens (primary N) is 1.